The summed E-state index contributed by atoms with van der Waals surface area (Å²) in [4.78, 5) is 10.0. The number of sulfonamides is 1. The molecule has 3 rings (SSSR count). The van der Waals surface area contributed by atoms with Crippen molar-refractivity contribution in [1.82, 2.24) is 0 Å². The summed E-state index contributed by atoms with van der Waals surface area (Å²) in [6, 6.07) is 14.6. The number of rotatable bonds is 8. The highest BCUT2D eigenvalue weighted by atomic mass is 32.2. The van der Waals surface area contributed by atoms with Crippen LogP contribution in [0.3, 0.4) is 0 Å². The van der Waals surface area contributed by atoms with Crippen molar-refractivity contribution in [3.8, 4) is 5.75 Å². The molecule has 34 heavy (non-hydrogen) atoms. The fourth-order valence-corrected chi connectivity index (χ4v) is 4.84. The molecule has 0 bridgehead atoms. The van der Waals surface area contributed by atoms with E-state index in [1.165, 1.54) is 26.2 Å². The minimum absolute atomic E-state index is 0.0620. The number of methoxy groups -OCH3 is 1. The first-order valence-electron chi connectivity index (χ1n) is 9.80. The Morgan fingerprint density at radius 1 is 1.03 bits per heavy atom. The monoisotopic (exact) mass is 495 g/mol. The number of alkyl halides is 3. The average molecular weight is 495 g/mol. The van der Waals surface area contributed by atoms with Gasteiger partial charge in [0.05, 0.1) is 28.2 Å². The second kappa shape index (κ2) is 9.59. The van der Waals surface area contributed by atoms with Gasteiger partial charge in [-0.05, 0) is 61.5 Å². The maximum Gasteiger partial charge on any atom is 0.416 e. The lowest BCUT2D eigenvalue weighted by Crippen LogP contribution is -2.43. The lowest BCUT2D eigenvalue weighted by molar-refractivity contribution is -0.385. The highest BCUT2D eigenvalue weighted by molar-refractivity contribution is 7.92. The average Bonchev–Trinajstić information content (AvgIpc) is 2.79. The van der Waals surface area contributed by atoms with Crippen LogP contribution < -0.4 is 14.4 Å². The Bertz CT molecular complexity index is 1260. The standard InChI is InChI=1S/C22H20F3N3O5S/c1-15(26-17-8-12-20(33-2)13-9-17)27(18-10-6-16(7-11-18)22(23,24)25)34(31,32)21-5-3-4-19(14-21)28(29)30/h3-15,26H,1-2H3. The molecule has 1 atom stereocenters. The highest BCUT2D eigenvalue weighted by Gasteiger charge is 2.33. The Morgan fingerprint density at radius 3 is 2.18 bits per heavy atom. The van der Waals surface area contributed by atoms with E-state index in [1.807, 2.05) is 0 Å². The van der Waals surface area contributed by atoms with Crippen molar-refractivity contribution in [2.45, 2.75) is 24.2 Å². The van der Waals surface area contributed by atoms with Gasteiger partial charge < -0.3 is 10.1 Å². The number of hydrogen-bond donors (Lipinski definition) is 1. The Morgan fingerprint density at radius 2 is 1.65 bits per heavy atom. The molecule has 0 fully saturated rings. The molecular formula is C22H20F3N3O5S. The van der Waals surface area contributed by atoms with Crippen LogP contribution in [0, 0.1) is 10.1 Å². The van der Waals surface area contributed by atoms with Gasteiger partial charge in [-0.15, -0.1) is 0 Å². The van der Waals surface area contributed by atoms with Crippen LogP contribution >= 0.6 is 0 Å². The Kier molecular flexibility index (Phi) is 7.01. The maximum atomic E-state index is 13.5. The van der Waals surface area contributed by atoms with Gasteiger partial charge >= 0.3 is 6.18 Å². The van der Waals surface area contributed by atoms with Gasteiger partial charge in [-0.3, -0.25) is 10.1 Å². The minimum Gasteiger partial charge on any atom is -0.497 e. The smallest absolute Gasteiger partial charge is 0.416 e. The third-order valence-corrected chi connectivity index (χ3v) is 6.75. The Hall–Kier alpha value is -3.80. The van der Waals surface area contributed by atoms with Gasteiger partial charge in [0.2, 0.25) is 0 Å². The lowest BCUT2D eigenvalue weighted by atomic mass is 10.2. The first-order valence-corrected chi connectivity index (χ1v) is 11.2. The third kappa shape index (κ3) is 5.39. The number of hydrogen-bond acceptors (Lipinski definition) is 6. The van der Waals surface area contributed by atoms with Crippen molar-refractivity contribution in [2.24, 2.45) is 0 Å². The van der Waals surface area contributed by atoms with Crippen molar-refractivity contribution in [3.05, 3.63) is 88.5 Å². The summed E-state index contributed by atoms with van der Waals surface area (Å²) in [7, 11) is -2.94. The molecule has 0 radical (unpaired) electrons. The predicted molar refractivity (Wildman–Crippen MR) is 120 cm³/mol. The topological polar surface area (TPSA) is 102 Å². The fraction of sp³-hybridized carbons (Fsp3) is 0.182. The molecular weight excluding hydrogens is 475 g/mol. The Balaban J connectivity index is 2.07. The molecule has 0 spiro atoms. The molecule has 1 unspecified atom stereocenters. The number of nitrogens with one attached hydrogen (secondary N) is 1. The van der Waals surface area contributed by atoms with Gasteiger partial charge in [-0.1, -0.05) is 6.07 Å². The summed E-state index contributed by atoms with van der Waals surface area (Å²) < 4.78 is 72.1. The molecule has 12 heteroatoms. The van der Waals surface area contributed by atoms with Gasteiger partial charge in [0, 0.05) is 17.8 Å². The highest BCUT2D eigenvalue weighted by Crippen LogP contribution is 2.33. The molecule has 0 saturated carbocycles. The van der Waals surface area contributed by atoms with Crippen molar-refractivity contribution >= 4 is 27.1 Å². The summed E-state index contributed by atoms with van der Waals surface area (Å²) in [5.74, 6) is 0.571. The first kappa shape index (κ1) is 24.8. The molecule has 0 heterocycles. The van der Waals surface area contributed by atoms with Gasteiger partial charge in [-0.25, -0.2) is 12.7 Å². The maximum absolute atomic E-state index is 13.5. The number of nitro benzene ring substituents is 1. The minimum atomic E-state index is -4.60. The van der Waals surface area contributed by atoms with Gasteiger partial charge in [0.15, 0.2) is 0 Å². The van der Waals surface area contributed by atoms with Crippen LogP contribution in [-0.2, 0) is 16.2 Å². The zero-order valence-corrected chi connectivity index (χ0v) is 18.8. The number of halogens is 3. The number of benzene rings is 3. The van der Waals surface area contributed by atoms with E-state index in [0.29, 0.717) is 11.4 Å². The van der Waals surface area contributed by atoms with Crippen LogP contribution in [0.4, 0.5) is 30.2 Å². The van der Waals surface area contributed by atoms with Crippen molar-refractivity contribution < 1.29 is 31.2 Å². The van der Waals surface area contributed by atoms with E-state index in [0.717, 1.165) is 40.7 Å². The van der Waals surface area contributed by atoms with Crippen LogP contribution in [0.2, 0.25) is 0 Å². The van der Waals surface area contributed by atoms with Gasteiger partial charge in [0.25, 0.3) is 15.7 Å². The van der Waals surface area contributed by atoms with Crippen molar-refractivity contribution in [2.75, 3.05) is 16.7 Å². The van der Waals surface area contributed by atoms with Gasteiger partial charge in [-0.2, -0.15) is 13.2 Å². The number of non-ortho nitro benzene ring substituents is 1. The lowest BCUT2D eigenvalue weighted by Gasteiger charge is -2.31. The summed E-state index contributed by atoms with van der Waals surface area (Å²) in [6.45, 7) is 1.50. The summed E-state index contributed by atoms with van der Waals surface area (Å²) in [5, 5.41) is 14.1. The SMILES string of the molecule is COc1ccc(NC(C)N(c2ccc(C(F)(F)F)cc2)S(=O)(=O)c2cccc([N+](=O)[O-])c2)cc1. The summed E-state index contributed by atoms with van der Waals surface area (Å²) in [5.41, 5.74) is -0.934. The normalized spacial score (nSPS) is 12.6. The largest absolute Gasteiger partial charge is 0.497 e. The van der Waals surface area contributed by atoms with Crippen LogP contribution in [0.5, 0.6) is 5.75 Å². The molecule has 0 aliphatic heterocycles. The molecule has 0 aromatic heterocycles. The molecule has 0 aliphatic carbocycles. The quantitative estimate of drug-likeness (QED) is 0.259. The van der Waals surface area contributed by atoms with Crippen molar-refractivity contribution in [1.29, 1.82) is 0 Å². The van der Waals surface area contributed by atoms with E-state index in [9.17, 15) is 31.7 Å². The fourth-order valence-electron chi connectivity index (χ4n) is 3.23. The second-order valence-corrected chi connectivity index (χ2v) is 8.96. The summed E-state index contributed by atoms with van der Waals surface area (Å²) in [6.07, 6.45) is -5.59. The van der Waals surface area contributed by atoms with Gasteiger partial charge in [0.1, 0.15) is 11.9 Å². The van der Waals surface area contributed by atoms with Crippen LogP contribution in [0.25, 0.3) is 0 Å². The van der Waals surface area contributed by atoms with E-state index < -0.39 is 38.5 Å². The van der Waals surface area contributed by atoms with E-state index in [-0.39, 0.29) is 10.6 Å². The molecule has 3 aromatic rings. The molecule has 3 aromatic carbocycles. The molecule has 0 amide bonds. The number of ether oxygens (including phenoxy) is 1. The second-order valence-electron chi connectivity index (χ2n) is 7.15. The zero-order valence-electron chi connectivity index (χ0n) is 18.0. The molecule has 180 valence electrons. The molecule has 0 saturated heterocycles. The van der Waals surface area contributed by atoms with Crippen LogP contribution in [-0.4, -0.2) is 26.6 Å². The number of anilines is 2. The van der Waals surface area contributed by atoms with E-state index in [4.69, 9.17) is 4.74 Å². The zero-order chi connectivity index (χ0) is 25.1. The number of nitro groups is 1. The molecule has 0 aliphatic rings. The predicted octanol–water partition coefficient (Wildman–Crippen LogP) is 5.28. The van der Waals surface area contributed by atoms with Crippen LogP contribution in [0.1, 0.15) is 12.5 Å². The van der Waals surface area contributed by atoms with E-state index >= 15 is 0 Å². The number of nitrogens with zero attached hydrogens (tertiary/aromatic N) is 2. The molecule has 1 N–H and O–H groups in total. The summed E-state index contributed by atoms with van der Waals surface area (Å²) >= 11 is 0. The Labute approximate surface area is 193 Å². The van der Waals surface area contributed by atoms with Crippen molar-refractivity contribution in [3.63, 3.8) is 0 Å². The first-order chi connectivity index (χ1) is 15.9. The van der Waals surface area contributed by atoms with E-state index in [2.05, 4.69) is 5.32 Å². The molecule has 8 nitrogen and oxygen atoms in total. The van der Waals surface area contributed by atoms with E-state index in [1.54, 1.807) is 24.3 Å². The van der Waals surface area contributed by atoms with Crippen LogP contribution in [0.15, 0.2) is 77.7 Å². The third-order valence-electron chi connectivity index (χ3n) is 4.85.